The third-order valence-corrected chi connectivity index (χ3v) is 5.57. The van der Waals surface area contributed by atoms with Gasteiger partial charge in [-0.1, -0.05) is 27.7 Å². The van der Waals surface area contributed by atoms with Crippen LogP contribution in [0, 0.1) is 16.6 Å². The minimum absolute atomic E-state index is 0.123. The first kappa shape index (κ1) is 12.9. The van der Waals surface area contributed by atoms with Gasteiger partial charge in [0.15, 0.2) is 0 Å². The van der Waals surface area contributed by atoms with Gasteiger partial charge in [0.25, 0.3) is 0 Å². The average Bonchev–Trinajstić information content (AvgIpc) is 2.54. The lowest BCUT2D eigenvalue weighted by Gasteiger charge is -2.09. The third kappa shape index (κ3) is 1.51. The van der Waals surface area contributed by atoms with Gasteiger partial charge in [-0.15, -0.1) is 0 Å². The molecule has 1 aliphatic rings. The molecule has 0 amide bonds. The number of fused-ring (bicyclic) bond motifs is 1. The SMILES string of the molecule is CC1(C)C(n2c(N)nc3cc(Br)c(F)cc32)C1(C)C. The first-order valence-electron chi connectivity index (χ1n) is 6.30. The van der Waals surface area contributed by atoms with Crippen molar-refractivity contribution in [3.8, 4) is 0 Å². The summed E-state index contributed by atoms with van der Waals surface area (Å²) in [5, 5.41) is 0. The topological polar surface area (TPSA) is 43.8 Å². The van der Waals surface area contributed by atoms with Gasteiger partial charge in [-0.3, -0.25) is 0 Å². The molecule has 102 valence electrons. The molecule has 0 saturated heterocycles. The molecule has 2 N–H and O–H groups in total. The molecule has 3 rings (SSSR count). The van der Waals surface area contributed by atoms with E-state index in [2.05, 4.69) is 48.6 Å². The number of aromatic nitrogens is 2. The van der Waals surface area contributed by atoms with E-state index in [4.69, 9.17) is 5.73 Å². The summed E-state index contributed by atoms with van der Waals surface area (Å²) in [5.74, 6) is 0.168. The van der Waals surface area contributed by atoms with E-state index < -0.39 is 0 Å². The molecule has 0 radical (unpaired) electrons. The Balaban J connectivity index is 2.26. The predicted octanol–water partition coefficient (Wildman–Crippen LogP) is 4.13. The molecule has 1 aliphatic carbocycles. The summed E-state index contributed by atoms with van der Waals surface area (Å²) in [6, 6.07) is 3.43. The first-order valence-corrected chi connectivity index (χ1v) is 7.09. The summed E-state index contributed by atoms with van der Waals surface area (Å²) in [6.07, 6.45) is 0. The van der Waals surface area contributed by atoms with Crippen LogP contribution in [0.25, 0.3) is 11.0 Å². The zero-order chi connectivity index (χ0) is 14.2. The Morgan fingerprint density at radius 2 is 1.84 bits per heavy atom. The van der Waals surface area contributed by atoms with Gasteiger partial charge in [0.2, 0.25) is 5.95 Å². The fourth-order valence-corrected chi connectivity index (χ4v) is 3.52. The number of imidazole rings is 1. The third-order valence-electron chi connectivity index (χ3n) is 4.96. The van der Waals surface area contributed by atoms with Gasteiger partial charge < -0.3 is 10.3 Å². The molecule has 1 aromatic carbocycles. The van der Waals surface area contributed by atoms with E-state index in [-0.39, 0.29) is 22.7 Å². The fourth-order valence-electron chi connectivity index (χ4n) is 3.19. The number of hydrogen-bond acceptors (Lipinski definition) is 2. The van der Waals surface area contributed by atoms with Crippen molar-refractivity contribution in [2.75, 3.05) is 5.73 Å². The van der Waals surface area contributed by atoms with Crippen molar-refractivity contribution >= 4 is 32.9 Å². The Bertz CT molecular complexity index is 674. The highest BCUT2D eigenvalue weighted by atomic mass is 79.9. The van der Waals surface area contributed by atoms with Gasteiger partial charge in [0.05, 0.1) is 15.5 Å². The van der Waals surface area contributed by atoms with E-state index in [9.17, 15) is 4.39 Å². The van der Waals surface area contributed by atoms with E-state index in [1.807, 2.05) is 4.57 Å². The lowest BCUT2D eigenvalue weighted by Crippen LogP contribution is -2.05. The second-order valence-corrected chi connectivity index (χ2v) is 7.30. The molecule has 1 heterocycles. The molecule has 1 fully saturated rings. The van der Waals surface area contributed by atoms with Crippen molar-refractivity contribution in [2.45, 2.75) is 33.7 Å². The van der Waals surface area contributed by atoms with Crippen molar-refractivity contribution in [1.29, 1.82) is 0 Å². The molecule has 2 aromatic rings. The molecular formula is C14H17BrFN3. The largest absolute Gasteiger partial charge is 0.369 e. The van der Waals surface area contributed by atoms with E-state index in [0.29, 0.717) is 10.4 Å². The van der Waals surface area contributed by atoms with Crippen molar-refractivity contribution in [3.05, 3.63) is 22.4 Å². The molecule has 0 bridgehead atoms. The number of hydrogen-bond donors (Lipinski definition) is 1. The highest BCUT2D eigenvalue weighted by molar-refractivity contribution is 9.10. The Morgan fingerprint density at radius 3 is 2.37 bits per heavy atom. The maximum atomic E-state index is 13.8. The van der Waals surface area contributed by atoms with Gasteiger partial charge in [-0.25, -0.2) is 9.37 Å². The lowest BCUT2D eigenvalue weighted by molar-refractivity contribution is 0.457. The van der Waals surface area contributed by atoms with Crippen LogP contribution in [0.3, 0.4) is 0 Å². The molecule has 5 heteroatoms. The Morgan fingerprint density at radius 1 is 1.26 bits per heavy atom. The zero-order valence-electron chi connectivity index (χ0n) is 11.5. The fraction of sp³-hybridized carbons (Fsp3) is 0.500. The summed E-state index contributed by atoms with van der Waals surface area (Å²) in [6.45, 7) is 8.83. The monoisotopic (exact) mass is 325 g/mol. The highest BCUT2D eigenvalue weighted by Gasteiger charge is 2.66. The van der Waals surface area contributed by atoms with Gasteiger partial charge in [0.1, 0.15) is 5.82 Å². The molecule has 0 unspecified atom stereocenters. The van der Waals surface area contributed by atoms with Gasteiger partial charge in [-0.2, -0.15) is 0 Å². The maximum absolute atomic E-state index is 13.8. The van der Waals surface area contributed by atoms with Gasteiger partial charge >= 0.3 is 0 Å². The first-order chi connectivity index (χ1) is 8.68. The van der Waals surface area contributed by atoms with Crippen molar-refractivity contribution < 1.29 is 4.39 Å². The van der Waals surface area contributed by atoms with Crippen LogP contribution in [0.5, 0.6) is 0 Å². The van der Waals surface area contributed by atoms with Crippen LogP contribution in [0.15, 0.2) is 16.6 Å². The van der Waals surface area contributed by atoms with Crippen LogP contribution in [0.2, 0.25) is 0 Å². The Hall–Kier alpha value is -1.10. The predicted molar refractivity (Wildman–Crippen MR) is 78.4 cm³/mol. The lowest BCUT2D eigenvalue weighted by atomic mass is 10.0. The quantitative estimate of drug-likeness (QED) is 0.856. The van der Waals surface area contributed by atoms with Crippen molar-refractivity contribution in [2.24, 2.45) is 10.8 Å². The summed E-state index contributed by atoms with van der Waals surface area (Å²) < 4.78 is 16.2. The van der Waals surface area contributed by atoms with Crippen LogP contribution in [0.1, 0.15) is 33.7 Å². The molecule has 1 aromatic heterocycles. The van der Waals surface area contributed by atoms with Crippen molar-refractivity contribution in [3.63, 3.8) is 0 Å². The van der Waals surface area contributed by atoms with E-state index in [0.717, 1.165) is 11.0 Å². The Kier molecular flexibility index (Phi) is 2.38. The summed E-state index contributed by atoms with van der Waals surface area (Å²) in [5.41, 5.74) is 7.79. The number of halogens is 2. The van der Waals surface area contributed by atoms with Gasteiger partial charge in [0, 0.05) is 12.1 Å². The van der Waals surface area contributed by atoms with Crippen LogP contribution >= 0.6 is 15.9 Å². The molecule has 19 heavy (non-hydrogen) atoms. The summed E-state index contributed by atoms with van der Waals surface area (Å²) >= 11 is 3.18. The molecule has 1 saturated carbocycles. The van der Waals surface area contributed by atoms with E-state index in [1.54, 1.807) is 6.07 Å². The normalized spacial score (nSPS) is 20.9. The van der Waals surface area contributed by atoms with Gasteiger partial charge in [-0.05, 0) is 32.8 Å². The van der Waals surface area contributed by atoms with E-state index >= 15 is 0 Å². The van der Waals surface area contributed by atoms with Crippen molar-refractivity contribution in [1.82, 2.24) is 9.55 Å². The molecular weight excluding hydrogens is 309 g/mol. The maximum Gasteiger partial charge on any atom is 0.201 e. The zero-order valence-corrected chi connectivity index (χ0v) is 13.0. The van der Waals surface area contributed by atoms with Crippen LogP contribution < -0.4 is 5.73 Å². The van der Waals surface area contributed by atoms with Crippen LogP contribution in [0.4, 0.5) is 10.3 Å². The van der Waals surface area contributed by atoms with E-state index in [1.165, 1.54) is 6.07 Å². The number of benzene rings is 1. The number of nitrogens with zero attached hydrogens (tertiary/aromatic N) is 2. The smallest absolute Gasteiger partial charge is 0.201 e. The Labute approximate surface area is 120 Å². The molecule has 0 atom stereocenters. The minimum Gasteiger partial charge on any atom is -0.369 e. The second kappa shape index (κ2) is 3.51. The molecule has 3 nitrogen and oxygen atoms in total. The number of anilines is 1. The summed E-state index contributed by atoms with van der Waals surface area (Å²) in [7, 11) is 0. The average molecular weight is 326 g/mol. The van der Waals surface area contributed by atoms with Crippen LogP contribution in [-0.2, 0) is 0 Å². The number of nitrogen functional groups attached to an aromatic ring is 1. The van der Waals surface area contributed by atoms with Crippen LogP contribution in [-0.4, -0.2) is 9.55 Å². The number of nitrogens with two attached hydrogens (primary N) is 1. The molecule has 0 aliphatic heterocycles. The number of rotatable bonds is 1. The minimum atomic E-state index is -0.287. The summed E-state index contributed by atoms with van der Waals surface area (Å²) in [4.78, 5) is 4.35. The standard InChI is InChI=1S/C14H17BrFN3/c1-13(2)11(14(13,3)4)19-10-6-8(16)7(15)5-9(10)18-12(19)17/h5-6,11H,1-4H3,(H2,17,18). The second-order valence-electron chi connectivity index (χ2n) is 6.44. The highest BCUT2D eigenvalue weighted by Crippen LogP contribution is 2.72. The molecule has 0 spiro atoms.